The van der Waals surface area contributed by atoms with Gasteiger partial charge in [-0.25, -0.2) is 0 Å². The minimum Gasteiger partial charge on any atom is -0.480 e. The van der Waals surface area contributed by atoms with Gasteiger partial charge in [-0.05, 0) is 18.2 Å². The highest BCUT2D eigenvalue weighted by Crippen LogP contribution is 2.41. The predicted molar refractivity (Wildman–Crippen MR) is 89.0 cm³/mol. The molecule has 0 radical (unpaired) electrons. The van der Waals surface area contributed by atoms with Crippen LogP contribution in [-0.2, 0) is 15.8 Å². The summed E-state index contributed by atoms with van der Waals surface area (Å²) in [5.74, 6) is -2.11. The quantitative estimate of drug-likeness (QED) is 0.589. The summed E-state index contributed by atoms with van der Waals surface area (Å²) in [4.78, 5) is 23.5. The van der Waals surface area contributed by atoms with Crippen LogP contribution < -0.4 is 0 Å². The van der Waals surface area contributed by atoms with Crippen molar-refractivity contribution in [2.75, 3.05) is 6.54 Å². The first kappa shape index (κ1) is 19.0. The monoisotopic (exact) mass is 415 g/mol. The molecule has 0 aliphatic carbocycles. The van der Waals surface area contributed by atoms with Crippen molar-refractivity contribution < 1.29 is 27.9 Å². The van der Waals surface area contributed by atoms with Crippen LogP contribution in [0.3, 0.4) is 0 Å². The molecule has 1 amide bonds. The van der Waals surface area contributed by atoms with Crippen molar-refractivity contribution >= 4 is 69.5 Å². The summed E-state index contributed by atoms with van der Waals surface area (Å²) in [6, 6.07) is 1.75. The van der Waals surface area contributed by atoms with Gasteiger partial charge in [-0.15, -0.1) is 0 Å². The van der Waals surface area contributed by atoms with Crippen LogP contribution in [0.1, 0.15) is 11.1 Å². The highest BCUT2D eigenvalue weighted by atomic mass is 35.5. The van der Waals surface area contributed by atoms with Crippen LogP contribution in [0.5, 0.6) is 0 Å². The fraction of sp³-hybridized carbons (Fsp3) is 0.154. The second-order valence-electron chi connectivity index (χ2n) is 4.48. The minimum absolute atomic E-state index is 0.0691. The zero-order valence-electron chi connectivity index (χ0n) is 11.4. The number of rotatable bonds is 3. The molecule has 24 heavy (non-hydrogen) atoms. The Labute approximate surface area is 153 Å². The number of alkyl halides is 3. The largest absolute Gasteiger partial charge is 0.480 e. The summed E-state index contributed by atoms with van der Waals surface area (Å²) in [5, 5.41) is 8.27. The number of carbonyl (C=O) groups is 2. The second-order valence-corrected chi connectivity index (χ2v) is 6.94. The van der Waals surface area contributed by atoms with Gasteiger partial charge in [0.05, 0.1) is 20.5 Å². The number of halogens is 5. The van der Waals surface area contributed by atoms with E-state index in [4.69, 9.17) is 40.5 Å². The van der Waals surface area contributed by atoms with E-state index in [-0.39, 0.29) is 19.3 Å². The third-order valence-corrected chi connectivity index (χ3v) is 5.08. The maximum Gasteiger partial charge on any atom is 0.417 e. The Morgan fingerprint density at radius 2 is 2.00 bits per heavy atom. The van der Waals surface area contributed by atoms with Gasteiger partial charge in [0.25, 0.3) is 5.91 Å². The molecule has 0 spiro atoms. The summed E-state index contributed by atoms with van der Waals surface area (Å²) in [7, 11) is 0. The molecule has 0 unspecified atom stereocenters. The molecule has 4 nitrogen and oxygen atoms in total. The van der Waals surface area contributed by atoms with Crippen molar-refractivity contribution in [3.8, 4) is 0 Å². The van der Waals surface area contributed by atoms with E-state index >= 15 is 0 Å². The smallest absolute Gasteiger partial charge is 0.417 e. The maximum absolute atomic E-state index is 13.1. The Morgan fingerprint density at radius 3 is 2.54 bits per heavy atom. The molecule has 1 N–H and O–H groups in total. The highest BCUT2D eigenvalue weighted by Gasteiger charge is 2.37. The van der Waals surface area contributed by atoms with E-state index in [0.29, 0.717) is 11.8 Å². The van der Waals surface area contributed by atoms with E-state index in [2.05, 4.69) is 0 Å². The zero-order chi connectivity index (χ0) is 18.2. The fourth-order valence-corrected chi connectivity index (χ4v) is 3.48. The molecule has 1 saturated heterocycles. The normalized spacial score (nSPS) is 17.0. The molecule has 1 aliphatic heterocycles. The number of nitrogens with zero attached hydrogens (tertiary/aromatic N) is 1. The van der Waals surface area contributed by atoms with E-state index in [1.807, 2.05) is 0 Å². The molecule has 0 saturated carbocycles. The Bertz CT molecular complexity index is 780. The lowest BCUT2D eigenvalue weighted by Crippen LogP contribution is -2.33. The van der Waals surface area contributed by atoms with E-state index < -0.39 is 35.7 Å². The van der Waals surface area contributed by atoms with E-state index in [1.165, 1.54) is 0 Å². The first-order chi connectivity index (χ1) is 11.0. The van der Waals surface area contributed by atoms with Crippen LogP contribution in [0.4, 0.5) is 13.2 Å². The lowest BCUT2D eigenvalue weighted by molar-refractivity contribution is -0.140. The van der Waals surface area contributed by atoms with Crippen molar-refractivity contribution in [3.05, 3.63) is 38.2 Å². The summed E-state index contributed by atoms with van der Waals surface area (Å²) >= 11 is 17.2. The first-order valence-corrected chi connectivity index (χ1v) is 8.02. The molecule has 11 heteroatoms. The van der Waals surface area contributed by atoms with Gasteiger partial charge in [0.1, 0.15) is 10.9 Å². The number of carbonyl (C=O) groups excluding carboxylic acids is 1. The Morgan fingerprint density at radius 1 is 1.38 bits per heavy atom. The van der Waals surface area contributed by atoms with Crippen molar-refractivity contribution in [1.82, 2.24) is 4.90 Å². The van der Waals surface area contributed by atoms with Crippen LogP contribution in [0.2, 0.25) is 10.0 Å². The van der Waals surface area contributed by atoms with Crippen LogP contribution in [-0.4, -0.2) is 32.7 Å². The predicted octanol–water partition coefficient (Wildman–Crippen LogP) is 4.30. The van der Waals surface area contributed by atoms with Gasteiger partial charge in [0.2, 0.25) is 0 Å². The molecule has 128 valence electrons. The zero-order valence-corrected chi connectivity index (χ0v) is 14.5. The number of carboxylic acid groups (broad SMARTS) is 1. The van der Waals surface area contributed by atoms with Crippen molar-refractivity contribution in [3.63, 3.8) is 0 Å². The van der Waals surface area contributed by atoms with E-state index in [0.717, 1.165) is 23.1 Å². The molecule has 0 bridgehead atoms. The molecule has 0 aromatic heterocycles. The Kier molecular flexibility index (Phi) is 5.48. The van der Waals surface area contributed by atoms with Crippen LogP contribution in [0.25, 0.3) is 6.08 Å². The van der Waals surface area contributed by atoms with Gasteiger partial charge in [0, 0.05) is 5.56 Å². The molecule has 1 fully saturated rings. The molecule has 1 aromatic rings. The standard InChI is InChI=1S/C13H6Cl2F3NO3S2/c14-7-2-1-6(13(16,17)18)5(10(7)15)3-8-11(22)19(4-9(20)21)12(23)24-8/h1-3H,4H2,(H,20,21)/b8-3-. The van der Waals surface area contributed by atoms with Gasteiger partial charge in [-0.1, -0.05) is 47.2 Å². The molecule has 0 atom stereocenters. The van der Waals surface area contributed by atoms with Crippen molar-refractivity contribution in [2.45, 2.75) is 6.18 Å². The molecule has 1 heterocycles. The van der Waals surface area contributed by atoms with Crippen LogP contribution in [0, 0.1) is 0 Å². The molecule has 1 aliphatic rings. The topological polar surface area (TPSA) is 57.6 Å². The number of thiocarbonyl (C=S) groups is 1. The molecular formula is C13H6Cl2F3NO3S2. The number of aliphatic carboxylic acids is 1. The minimum atomic E-state index is -4.71. The third kappa shape index (κ3) is 3.85. The van der Waals surface area contributed by atoms with Gasteiger partial charge < -0.3 is 5.11 Å². The molecular weight excluding hydrogens is 410 g/mol. The summed E-state index contributed by atoms with van der Waals surface area (Å²) < 4.78 is 39.3. The van der Waals surface area contributed by atoms with Gasteiger partial charge in [0.15, 0.2) is 0 Å². The Hall–Kier alpha value is -1.29. The maximum atomic E-state index is 13.1. The first-order valence-electron chi connectivity index (χ1n) is 6.04. The number of hydrogen-bond acceptors (Lipinski definition) is 4. The third-order valence-electron chi connectivity index (χ3n) is 2.88. The average molecular weight is 416 g/mol. The Balaban J connectivity index is 2.53. The molecule has 2 rings (SSSR count). The van der Waals surface area contributed by atoms with Gasteiger partial charge >= 0.3 is 12.1 Å². The van der Waals surface area contributed by atoms with Crippen LogP contribution >= 0.6 is 47.2 Å². The number of amides is 1. The number of hydrogen-bond donors (Lipinski definition) is 1. The van der Waals surface area contributed by atoms with Gasteiger partial charge in [-0.2, -0.15) is 13.2 Å². The van der Waals surface area contributed by atoms with Crippen molar-refractivity contribution in [1.29, 1.82) is 0 Å². The molecule has 1 aromatic carbocycles. The second kappa shape index (κ2) is 6.91. The van der Waals surface area contributed by atoms with E-state index in [9.17, 15) is 22.8 Å². The van der Waals surface area contributed by atoms with Gasteiger partial charge in [-0.3, -0.25) is 14.5 Å². The fourth-order valence-electron chi connectivity index (χ4n) is 1.86. The summed E-state index contributed by atoms with van der Waals surface area (Å²) in [6.45, 7) is -0.683. The lowest BCUT2D eigenvalue weighted by Gasteiger charge is -2.13. The van der Waals surface area contributed by atoms with Crippen molar-refractivity contribution in [2.24, 2.45) is 0 Å². The average Bonchev–Trinajstić information content (AvgIpc) is 2.70. The lowest BCUT2D eigenvalue weighted by atomic mass is 10.1. The summed E-state index contributed by atoms with van der Waals surface area (Å²) in [5.41, 5.74) is -1.55. The SMILES string of the molecule is O=C(O)CN1C(=O)/C(=C/c2c(C(F)(F)F)ccc(Cl)c2Cl)SC1=S. The van der Waals surface area contributed by atoms with Crippen LogP contribution in [0.15, 0.2) is 17.0 Å². The number of benzene rings is 1. The highest BCUT2D eigenvalue weighted by molar-refractivity contribution is 8.26. The van der Waals surface area contributed by atoms with E-state index in [1.54, 1.807) is 0 Å². The number of carboxylic acids is 1. The number of thioether (sulfide) groups is 1. The summed E-state index contributed by atoms with van der Waals surface area (Å²) in [6.07, 6.45) is -3.80.